The average molecular weight is 165 g/mol. The highest BCUT2D eigenvalue weighted by molar-refractivity contribution is 5.76. The predicted molar refractivity (Wildman–Crippen MR) is 50.6 cm³/mol. The van der Waals surface area contributed by atoms with Crippen LogP contribution in [0.25, 0.3) is 0 Å². The van der Waals surface area contributed by atoms with Gasteiger partial charge in [-0.3, -0.25) is 4.79 Å². The Morgan fingerprint density at radius 2 is 2.08 bits per heavy atom. The van der Waals surface area contributed by atoms with Gasteiger partial charge < -0.3 is 5.73 Å². The third-order valence-corrected chi connectivity index (χ3v) is 1.87. The summed E-state index contributed by atoms with van der Waals surface area (Å²) < 4.78 is 0. The first-order valence-electron chi connectivity index (χ1n) is 4.03. The van der Waals surface area contributed by atoms with Crippen LogP contribution >= 0.6 is 0 Å². The maximum absolute atomic E-state index is 10.7. The van der Waals surface area contributed by atoms with Crippen molar-refractivity contribution in [1.82, 2.24) is 0 Å². The molecule has 12 heavy (non-hydrogen) atoms. The highest BCUT2D eigenvalue weighted by Gasteiger charge is 2.08. The van der Waals surface area contributed by atoms with Crippen LogP contribution in [0.15, 0.2) is 30.3 Å². The first kappa shape index (κ1) is 8.78. The molecule has 2 heteroatoms. The monoisotopic (exact) mass is 165 g/mol. The Labute approximate surface area is 73.9 Å². The molecule has 0 heterocycles. The zero-order chi connectivity index (χ0) is 8.97. The third-order valence-electron chi connectivity index (χ3n) is 1.87. The van der Waals surface area contributed by atoms with E-state index in [4.69, 9.17) is 5.73 Å². The van der Waals surface area contributed by atoms with Gasteiger partial charge in [0.15, 0.2) is 0 Å². The van der Waals surface area contributed by atoms with Gasteiger partial charge in [-0.1, -0.05) is 37.3 Å². The summed E-state index contributed by atoms with van der Waals surface area (Å²) in [6.07, 6.45) is 0.732. The van der Waals surface area contributed by atoms with Crippen molar-refractivity contribution in [3.05, 3.63) is 35.9 Å². The zero-order valence-electron chi connectivity index (χ0n) is 7.16. The second-order valence-corrected chi connectivity index (χ2v) is 2.99. The van der Waals surface area contributed by atoms with Gasteiger partial charge in [0.05, 0.1) is 0 Å². The van der Waals surface area contributed by atoms with Crippen LogP contribution in [0.2, 0.25) is 0 Å². The second-order valence-electron chi connectivity index (χ2n) is 2.99. The van der Waals surface area contributed by atoms with Crippen LogP contribution in [0.1, 0.15) is 13.9 Å². The number of benzene rings is 1. The van der Waals surface area contributed by atoms with Crippen LogP contribution in [-0.4, -0.2) is 5.91 Å². The van der Waals surface area contributed by atoms with Crippen molar-refractivity contribution >= 4 is 5.91 Å². The minimum absolute atomic E-state index is 0. The Balaban J connectivity index is 0.00000144. The standard InChI is InChI=1S/C10H13NO.H2/c1-8(10(11)12)7-9-5-3-2-4-6-9;/h2-6,8H,7H2,1H3,(H2,11,12);1H/t8-;/m0./s1. The highest BCUT2D eigenvalue weighted by atomic mass is 16.1. The number of nitrogens with two attached hydrogens (primary N) is 1. The lowest BCUT2D eigenvalue weighted by molar-refractivity contribution is -0.121. The quantitative estimate of drug-likeness (QED) is 0.726. The van der Waals surface area contributed by atoms with Gasteiger partial charge in [-0.2, -0.15) is 0 Å². The van der Waals surface area contributed by atoms with E-state index < -0.39 is 0 Å². The molecule has 1 amide bonds. The molecule has 0 spiro atoms. The van der Waals surface area contributed by atoms with E-state index in [9.17, 15) is 4.79 Å². The molecule has 0 radical (unpaired) electrons. The summed E-state index contributed by atoms with van der Waals surface area (Å²) in [4.78, 5) is 10.7. The predicted octanol–water partition coefficient (Wildman–Crippen LogP) is 1.60. The van der Waals surface area contributed by atoms with Crippen LogP contribution in [0.5, 0.6) is 0 Å². The molecule has 2 N–H and O–H groups in total. The van der Waals surface area contributed by atoms with E-state index in [1.54, 1.807) is 0 Å². The number of carbonyl (C=O) groups excluding carboxylic acids is 1. The number of rotatable bonds is 3. The fourth-order valence-electron chi connectivity index (χ4n) is 1.07. The van der Waals surface area contributed by atoms with E-state index in [1.165, 1.54) is 0 Å². The van der Waals surface area contributed by atoms with Gasteiger partial charge in [0.2, 0.25) is 5.91 Å². The van der Waals surface area contributed by atoms with Crippen molar-refractivity contribution in [1.29, 1.82) is 0 Å². The molecule has 1 rings (SSSR count). The highest BCUT2D eigenvalue weighted by Crippen LogP contribution is 2.06. The van der Waals surface area contributed by atoms with Crippen LogP contribution < -0.4 is 5.73 Å². The van der Waals surface area contributed by atoms with Crippen molar-refractivity contribution in [2.24, 2.45) is 11.7 Å². The molecule has 0 aliphatic rings. The summed E-state index contributed by atoms with van der Waals surface area (Å²) in [7, 11) is 0. The van der Waals surface area contributed by atoms with Crippen LogP contribution in [0, 0.1) is 5.92 Å². The normalized spacial score (nSPS) is 12.4. The first-order chi connectivity index (χ1) is 5.70. The third kappa shape index (κ3) is 2.38. The maximum Gasteiger partial charge on any atom is 0.220 e. The molecule has 0 saturated carbocycles. The first-order valence-corrected chi connectivity index (χ1v) is 4.03. The van der Waals surface area contributed by atoms with Crippen molar-refractivity contribution in [3.63, 3.8) is 0 Å². The molecule has 0 unspecified atom stereocenters. The fraction of sp³-hybridized carbons (Fsp3) is 0.300. The number of carbonyl (C=O) groups is 1. The van der Waals surface area contributed by atoms with E-state index in [-0.39, 0.29) is 13.3 Å². The molecule has 0 bridgehead atoms. The molecule has 1 atom stereocenters. The van der Waals surface area contributed by atoms with Gasteiger partial charge in [-0.15, -0.1) is 0 Å². The van der Waals surface area contributed by atoms with Crippen molar-refractivity contribution in [2.75, 3.05) is 0 Å². The lowest BCUT2D eigenvalue weighted by atomic mass is 10.0. The lowest BCUT2D eigenvalue weighted by Gasteiger charge is -2.05. The number of hydrogen-bond donors (Lipinski definition) is 1. The topological polar surface area (TPSA) is 43.1 Å². The largest absolute Gasteiger partial charge is 0.369 e. The molecule has 1 aromatic carbocycles. The number of hydrogen-bond acceptors (Lipinski definition) is 1. The van der Waals surface area contributed by atoms with Gasteiger partial charge in [0, 0.05) is 7.34 Å². The number of primary amides is 1. The van der Waals surface area contributed by atoms with Gasteiger partial charge in [0.1, 0.15) is 0 Å². The average Bonchev–Trinajstić information content (AvgIpc) is 2.06. The molecule has 2 nitrogen and oxygen atoms in total. The Morgan fingerprint density at radius 1 is 1.50 bits per heavy atom. The fourth-order valence-corrected chi connectivity index (χ4v) is 1.07. The molecule has 0 fully saturated rings. The van der Waals surface area contributed by atoms with E-state index in [1.807, 2.05) is 37.3 Å². The Kier molecular flexibility index (Phi) is 2.86. The van der Waals surface area contributed by atoms with E-state index in [0.29, 0.717) is 0 Å². The van der Waals surface area contributed by atoms with Gasteiger partial charge in [-0.05, 0) is 12.0 Å². The maximum atomic E-state index is 10.7. The molecule has 0 aromatic heterocycles. The summed E-state index contributed by atoms with van der Waals surface area (Å²) >= 11 is 0. The zero-order valence-corrected chi connectivity index (χ0v) is 7.16. The summed E-state index contributed by atoms with van der Waals surface area (Å²) in [6, 6.07) is 9.88. The molecule has 0 saturated heterocycles. The van der Waals surface area contributed by atoms with Crippen molar-refractivity contribution < 1.29 is 6.22 Å². The van der Waals surface area contributed by atoms with Crippen molar-refractivity contribution in [2.45, 2.75) is 13.3 Å². The second kappa shape index (κ2) is 3.90. The molecule has 66 valence electrons. The molecular formula is C10H15NO. The molecule has 0 aliphatic heterocycles. The summed E-state index contributed by atoms with van der Waals surface area (Å²) in [5, 5.41) is 0. The van der Waals surface area contributed by atoms with Crippen molar-refractivity contribution in [3.8, 4) is 0 Å². The summed E-state index contributed by atoms with van der Waals surface area (Å²) in [5.41, 5.74) is 6.30. The SMILES string of the molecule is C[C@@H](Cc1ccccc1)C(N)=O.[HH]. The van der Waals surface area contributed by atoms with E-state index in [0.717, 1.165) is 12.0 Å². The Hall–Kier alpha value is -1.31. The summed E-state index contributed by atoms with van der Waals surface area (Å²) in [6.45, 7) is 1.84. The lowest BCUT2D eigenvalue weighted by Crippen LogP contribution is -2.22. The van der Waals surface area contributed by atoms with Gasteiger partial charge >= 0.3 is 0 Å². The molecule has 0 aliphatic carbocycles. The minimum Gasteiger partial charge on any atom is -0.369 e. The van der Waals surface area contributed by atoms with E-state index >= 15 is 0 Å². The smallest absolute Gasteiger partial charge is 0.220 e. The number of amides is 1. The van der Waals surface area contributed by atoms with Crippen LogP contribution in [0.4, 0.5) is 0 Å². The van der Waals surface area contributed by atoms with Crippen LogP contribution in [0.3, 0.4) is 0 Å². The van der Waals surface area contributed by atoms with Crippen LogP contribution in [-0.2, 0) is 11.2 Å². The van der Waals surface area contributed by atoms with Gasteiger partial charge in [0.25, 0.3) is 0 Å². The van der Waals surface area contributed by atoms with E-state index in [2.05, 4.69) is 0 Å². The Morgan fingerprint density at radius 3 is 2.58 bits per heavy atom. The van der Waals surface area contributed by atoms with Gasteiger partial charge in [-0.25, -0.2) is 0 Å². The molecule has 1 aromatic rings. The Bertz CT molecular complexity index is 261. The minimum atomic E-state index is -0.237. The molecular weight excluding hydrogens is 150 g/mol. The summed E-state index contributed by atoms with van der Waals surface area (Å²) in [5.74, 6) is -0.314.